The monoisotopic (exact) mass is 529 g/mol. The van der Waals surface area contributed by atoms with E-state index in [4.69, 9.17) is 9.73 Å². The van der Waals surface area contributed by atoms with Crippen molar-refractivity contribution in [2.75, 3.05) is 39.9 Å². The fourth-order valence-corrected chi connectivity index (χ4v) is 3.90. The van der Waals surface area contributed by atoms with E-state index in [1.54, 1.807) is 11.3 Å². The van der Waals surface area contributed by atoms with E-state index in [0.29, 0.717) is 6.54 Å². The molecule has 2 aromatic rings. The van der Waals surface area contributed by atoms with Gasteiger partial charge in [-0.05, 0) is 25.0 Å². The molecule has 0 bridgehead atoms. The zero-order valence-corrected chi connectivity index (χ0v) is 20.7. The summed E-state index contributed by atoms with van der Waals surface area (Å²) < 4.78 is 5.47. The number of ether oxygens (including phenoxy) is 1. The van der Waals surface area contributed by atoms with Gasteiger partial charge in [0.15, 0.2) is 5.96 Å². The third-order valence-corrected chi connectivity index (χ3v) is 5.60. The van der Waals surface area contributed by atoms with Crippen LogP contribution in [0.1, 0.15) is 28.8 Å². The highest BCUT2D eigenvalue weighted by Crippen LogP contribution is 2.15. The number of morpholine rings is 1. The molecule has 0 amide bonds. The van der Waals surface area contributed by atoms with Gasteiger partial charge in [-0.1, -0.05) is 24.3 Å². The van der Waals surface area contributed by atoms with Crippen LogP contribution in [0.5, 0.6) is 0 Å². The van der Waals surface area contributed by atoms with Crippen LogP contribution in [0.4, 0.5) is 0 Å². The Bertz CT molecular complexity index is 776. The number of nitrogens with zero attached hydrogens (tertiary/aromatic N) is 4. The van der Waals surface area contributed by atoms with Crippen LogP contribution in [0.15, 0.2) is 34.6 Å². The number of aromatic nitrogens is 1. The standard InChI is InChI=1S/C21H31N5OS.HI/c1-4-22-21(25(3)15-20-16-28-17(2)24-20)23-13-18-7-5-6-8-19(18)14-26-9-11-27-12-10-26;/h5-8,16H,4,9-15H2,1-3H3,(H,22,23);1H. The van der Waals surface area contributed by atoms with Gasteiger partial charge >= 0.3 is 0 Å². The predicted octanol–water partition coefficient (Wildman–Crippen LogP) is 3.50. The minimum atomic E-state index is 0. The lowest BCUT2D eigenvalue weighted by Gasteiger charge is -2.27. The number of hydrogen-bond acceptors (Lipinski definition) is 5. The van der Waals surface area contributed by atoms with Crippen LogP contribution in [-0.2, 0) is 24.4 Å². The molecule has 0 atom stereocenters. The molecule has 8 heteroatoms. The van der Waals surface area contributed by atoms with E-state index in [1.165, 1.54) is 11.1 Å². The zero-order valence-electron chi connectivity index (χ0n) is 17.6. The van der Waals surface area contributed by atoms with Crippen LogP contribution in [0.3, 0.4) is 0 Å². The largest absolute Gasteiger partial charge is 0.379 e. The Hall–Kier alpha value is -1.23. The molecule has 1 saturated heterocycles. The average Bonchev–Trinajstić information content (AvgIpc) is 3.11. The van der Waals surface area contributed by atoms with E-state index in [2.05, 4.69) is 63.7 Å². The highest BCUT2D eigenvalue weighted by atomic mass is 127. The number of benzene rings is 1. The first-order valence-corrected chi connectivity index (χ1v) is 10.8. The summed E-state index contributed by atoms with van der Waals surface area (Å²) in [5, 5.41) is 6.62. The molecule has 0 aliphatic carbocycles. The molecule has 0 radical (unpaired) electrons. The molecule has 160 valence electrons. The first-order chi connectivity index (χ1) is 13.7. The van der Waals surface area contributed by atoms with Gasteiger partial charge in [0.05, 0.1) is 37.0 Å². The summed E-state index contributed by atoms with van der Waals surface area (Å²) in [6.07, 6.45) is 0. The summed E-state index contributed by atoms with van der Waals surface area (Å²) in [7, 11) is 2.07. The van der Waals surface area contributed by atoms with Crippen molar-refractivity contribution in [3.63, 3.8) is 0 Å². The quantitative estimate of drug-likeness (QED) is 0.338. The Morgan fingerprint density at radius 2 is 2.00 bits per heavy atom. The smallest absolute Gasteiger partial charge is 0.194 e. The second kappa shape index (κ2) is 12.5. The van der Waals surface area contributed by atoms with Crippen LogP contribution in [0.25, 0.3) is 0 Å². The molecule has 1 fully saturated rings. The maximum absolute atomic E-state index is 5.47. The average molecular weight is 529 g/mol. The van der Waals surface area contributed by atoms with E-state index < -0.39 is 0 Å². The van der Waals surface area contributed by atoms with Crippen LogP contribution in [0.2, 0.25) is 0 Å². The third kappa shape index (κ3) is 7.51. The fourth-order valence-electron chi connectivity index (χ4n) is 3.29. The first kappa shape index (κ1) is 24.0. The van der Waals surface area contributed by atoms with Crippen molar-refractivity contribution in [3.8, 4) is 0 Å². The van der Waals surface area contributed by atoms with Crippen LogP contribution in [-0.4, -0.2) is 60.6 Å². The van der Waals surface area contributed by atoms with Crippen molar-refractivity contribution in [1.82, 2.24) is 20.1 Å². The van der Waals surface area contributed by atoms with Crippen molar-refractivity contribution in [2.45, 2.75) is 33.5 Å². The third-order valence-electron chi connectivity index (χ3n) is 4.78. The minimum Gasteiger partial charge on any atom is -0.379 e. The second-order valence-electron chi connectivity index (χ2n) is 7.04. The number of rotatable bonds is 7. The second-order valence-corrected chi connectivity index (χ2v) is 8.10. The van der Waals surface area contributed by atoms with E-state index in [9.17, 15) is 0 Å². The minimum absolute atomic E-state index is 0. The molecule has 1 aliphatic heterocycles. The van der Waals surface area contributed by atoms with Gasteiger partial charge in [0.25, 0.3) is 0 Å². The molecular weight excluding hydrogens is 497 g/mol. The van der Waals surface area contributed by atoms with Crippen molar-refractivity contribution in [1.29, 1.82) is 0 Å². The Kier molecular flexibility index (Phi) is 10.3. The van der Waals surface area contributed by atoms with E-state index in [1.807, 2.05) is 6.92 Å². The zero-order chi connectivity index (χ0) is 19.8. The molecule has 0 saturated carbocycles. The van der Waals surface area contributed by atoms with Gasteiger partial charge in [-0.2, -0.15) is 0 Å². The number of hydrogen-bond donors (Lipinski definition) is 1. The Balaban J connectivity index is 0.00000300. The van der Waals surface area contributed by atoms with Crippen molar-refractivity contribution < 1.29 is 4.74 Å². The summed E-state index contributed by atoms with van der Waals surface area (Å²) in [6, 6.07) is 8.62. The number of thiazole rings is 1. The number of halogens is 1. The lowest BCUT2D eigenvalue weighted by Crippen LogP contribution is -2.38. The Morgan fingerprint density at radius 3 is 2.66 bits per heavy atom. The van der Waals surface area contributed by atoms with E-state index in [0.717, 1.165) is 62.6 Å². The molecule has 3 rings (SSSR count). The summed E-state index contributed by atoms with van der Waals surface area (Å²) in [4.78, 5) is 14.1. The molecule has 1 aromatic carbocycles. The van der Waals surface area contributed by atoms with Crippen LogP contribution in [0, 0.1) is 6.92 Å². The van der Waals surface area contributed by atoms with Gasteiger partial charge in [-0.3, -0.25) is 4.90 Å². The number of aliphatic imine (C=N–C) groups is 1. The SMILES string of the molecule is CCNC(=NCc1ccccc1CN1CCOCC1)N(C)Cc1csc(C)n1.I. The van der Waals surface area contributed by atoms with Crippen molar-refractivity contribution in [3.05, 3.63) is 51.5 Å². The van der Waals surface area contributed by atoms with Crippen LogP contribution < -0.4 is 5.32 Å². The van der Waals surface area contributed by atoms with Gasteiger partial charge in [0.1, 0.15) is 0 Å². The van der Waals surface area contributed by atoms with Crippen LogP contribution >= 0.6 is 35.3 Å². The molecule has 0 unspecified atom stereocenters. The first-order valence-electron chi connectivity index (χ1n) is 9.93. The van der Waals surface area contributed by atoms with Gasteiger partial charge in [0, 0.05) is 38.6 Å². The van der Waals surface area contributed by atoms with Crippen molar-refractivity contribution in [2.24, 2.45) is 4.99 Å². The predicted molar refractivity (Wildman–Crippen MR) is 131 cm³/mol. The van der Waals surface area contributed by atoms with E-state index in [-0.39, 0.29) is 24.0 Å². The molecule has 6 nitrogen and oxygen atoms in total. The molecule has 29 heavy (non-hydrogen) atoms. The highest BCUT2D eigenvalue weighted by molar-refractivity contribution is 14.0. The molecule has 1 aromatic heterocycles. The molecule has 1 N–H and O–H groups in total. The summed E-state index contributed by atoms with van der Waals surface area (Å²) in [5.41, 5.74) is 3.72. The molecule has 0 spiro atoms. The van der Waals surface area contributed by atoms with Gasteiger partial charge < -0.3 is 15.0 Å². The Morgan fingerprint density at radius 1 is 1.28 bits per heavy atom. The fraction of sp³-hybridized carbons (Fsp3) is 0.524. The Labute approximate surface area is 195 Å². The number of aryl methyl sites for hydroxylation is 1. The normalized spacial score (nSPS) is 15.1. The summed E-state index contributed by atoms with van der Waals surface area (Å²) >= 11 is 1.69. The molecule has 1 aliphatic rings. The summed E-state index contributed by atoms with van der Waals surface area (Å²) in [6.45, 7) is 11.0. The lowest BCUT2D eigenvalue weighted by molar-refractivity contribution is 0.0341. The maximum atomic E-state index is 5.47. The lowest BCUT2D eigenvalue weighted by atomic mass is 10.1. The maximum Gasteiger partial charge on any atom is 0.194 e. The van der Waals surface area contributed by atoms with Gasteiger partial charge in [-0.25, -0.2) is 9.98 Å². The highest BCUT2D eigenvalue weighted by Gasteiger charge is 2.13. The van der Waals surface area contributed by atoms with Gasteiger partial charge in [0.2, 0.25) is 0 Å². The molecular formula is C21H32IN5OS. The van der Waals surface area contributed by atoms with Crippen molar-refractivity contribution >= 4 is 41.3 Å². The van der Waals surface area contributed by atoms with Gasteiger partial charge in [-0.15, -0.1) is 35.3 Å². The van der Waals surface area contributed by atoms with E-state index >= 15 is 0 Å². The number of guanidine groups is 1. The molecule has 2 heterocycles. The number of nitrogens with one attached hydrogen (secondary N) is 1. The summed E-state index contributed by atoms with van der Waals surface area (Å²) in [5.74, 6) is 0.911. The topological polar surface area (TPSA) is 53.0 Å².